The predicted octanol–water partition coefficient (Wildman–Crippen LogP) is 3.84. The first-order valence-corrected chi connectivity index (χ1v) is 10.3. The Bertz CT molecular complexity index is 955. The molecule has 1 aliphatic heterocycles. The summed E-state index contributed by atoms with van der Waals surface area (Å²) >= 11 is 0. The molecular weight excluding hydrogens is 344 g/mol. The number of benzene rings is 2. The van der Waals surface area contributed by atoms with Crippen molar-refractivity contribution in [2.75, 3.05) is 13.1 Å². The molecule has 1 heterocycles. The Morgan fingerprint density at radius 1 is 1.08 bits per heavy atom. The van der Waals surface area contributed by atoms with Crippen molar-refractivity contribution >= 4 is 20.8 Å². The van der Waals surface area contributed by atoms with Gasteiger partial charge in [-0.3, -0.25) is 4.72 Å². The maximum atomic E-state index is 12.9. The van der Waals surface area contributed by atoms with Crippen LogP contribution in [-0.4, -0.2) is 21.5 Å². The summed E-state index contributed by atoms with van der Waals surface area (Å²) in [7, 11) is -3.72. The highest BCUT2D eigenvalue weighted by Crippen LogP contribution is 2.34. The summed E-state index contributed by atoms with van der Waals surface area (Å²) in [6.45, 7) is 9.24. The van der Waals surface area contributed by atoms with Gasteiger partial charge in [-0.05, 0) is 61.0 Å². The van der Waals surface area contributed by atoms with Gasteiger partial charge in [-0.15, -0.1) is 0 Å². The lowest BCUT2D eigenvalue weighted by Gasteiger charge is -2.25. The Hall–Kier alpha value is -2.37. The lowest BCUT2D eigenvalue weighted by molar-refractivity contribution is 0.462. The van der Waals surface area contributed by atoms with Gasteiger partial charge >= 0.3 is 0 Å². The van der Waals surface area contributed by atoms with Crippen LogP contribution in [0.4, 0.5) is 0 Å². The zero-order valence-electron chi connectivity index (χ0n) is 14.7. The van der Waals surface area contributed by atoms with Crippen molar-refractivity contribution in [2.45, 2.75) is 23.7 Å². The monoisotopic (exact) mass is 368 g/mol. The smallest absolute Gasteiger partial charge is 0.262 e. The van der Waals surface area contributed by atoms with E-state index in [0.717, 1.165) is 36.7 Å². The van der Waals surface area contributed by atoms with E-state index in [0.29, 0.717) is 11.6 Å². The van der Waals surface area contributed by atoms with Crippen molar-refractivity contribution in [3.63, 3.8) is 0 Å². The highest BCUT2D eigenvalue weighted by molar-refractivity contribution is 7.89. The molecule has 2 N–H and O–H groups in total. The van der Waals surface area contributed by atoms with Crippen molar-refractivity contribution in [3.8, 4) is 0 Å². The van der Waals surface area contributed by atoms with E-state index in [-0.39, 0.29) is 4.90 Å². The molecule has 0 unspecified atom stereocenters. The minimum atomic E-state index is -3.72. The number of fused-ring (bicyclic) bond motifs is 1. The molecule has 0 amide bonds. The maximum absolute atomic E-state index is 12.9. The molecule has 0 radical (unpaired) electrons. The van der Waals surface area contributed by atoms with Crippen molar-refractivity contribution in [3.05, 3.63) is 79.0 Å². The van der Waals surface area contributed by atoms with Crippen LogP contribution < -0.4 is 10.0 Å². The summed E-state index contributed by atoms with van der Waals surface area (Å²) < 4.78 is 28.5. The topological polar surface area (TPSA) is 58.2 Å². The third kappa shape index (κ3) is 3.74. The summed E-state index contributed by atoms with van der Waals surface area (Å²) in [4.78, 5) is 0.280. The zero-order chi connectivity index (χ0) is 18.6. The lowest BCUT2D eigenvalue weighted by atomic mass is 9.87. The molecule has 0 aliphatic carbocycles. The fraction of sp³-hybridized carbons (Fsp3) is 0.238. The Labute approximate surface area is 155 Å². The normalized spacial score (nSPS) is 16.4. The van der Waals surface area contributed by atoms with Crippen LogP contribution in [0.2, 0.25) is 0 Å². The molecule has 0 bridgehead atoms. The highest BCUT2D eigenvalue weighted by Gasteiger charge is 2.22. The first-order chi connectivity index (χ1) is 12.6. The summed E-state index contributed by atoms with van der Waals surface area (Å²) in [6.07, 6.45) is 6.70. The second-order valence-corrected chi connectivity index (χ2v) is 8.04. The van der Waals surface area contributed by atoms with Gasteiger partial charge in [-0.25, -0.2) is 8.42 Å². The Morgan fingerprint density at radius 3 is 2.42 bits per heavy atom. The average Bonchev–Trinajstić information content (AvgIpc) is 2.67. The number of hydrogen-bond acceptors (Lipinski definition) is 3. The van der Waals surface area contributed by atoms with Crippen LogP contribution in [0.3, 0.4) is 0 Å². The summed E-state index contributed by atoms with van der Waals surface area (Å²) in [5, 5.41) is 5.14. The molecule has 0 spiro atoms. The number of allylic oxidation sites excluding steroid dienone is 3. The van der Waals surface area contributed by atoms with Crippen molar-refractivity contribution < 1.29 is 8.42 Å². The maximum Gasteiger partial charge on any atom is 0.262 e. The number of nitrogens with one attached hydrogen (secondary N) is 2. The number of sulfonamides is 1. The molecule has 1 aliphatic rings. The van der Waals surface area contributed by atoms with E-state index in [1.54, 1.807) is 12.1 Å². The Kier molecular flexibility index (Phi) is 5.59. The van der Waals surface area contributed by atoms with Crippen LogP contribution in [0.5, 0.6) is 0 Å². The van der Waals surface area contributed by atoms with Crippen LogP contribution in [-0.2, 0) is 10.0 Å². The van der Waals surface area contributed by atoms with Crippen molar-refractivity contribution in [1.82, 2.24) is 10.0 Å². The summed E-state index contributed by atoms with van der Waals surface area (Å²) in [5.74, 6) is 0.454. The molecule has 0 atom stereocenters. The van der Waals surface area contributed by atoms with Gasteiger partial charge in [0.05, 0.1) is 4.90 Å². The van der Waals surface area contributed by atoms with E-state index in [1.165, 1.54) is 17.7 Å². The van der Waals surface area contributed by atoms with Crippen LogP contribution >= 0.6 is 0 Å². The van der Waals surface area contributed by atoms with Gasteiger partial charge in [0.15, 0.2) is 0 Å². The molecule has 26 heavy (non-hydrogen) atoms. The minimum Gasteiger partial charge on any atom is -0.317 e. The van der Waals surface area contributed by atoms with Crippen LogP contribution in [0.25, 0.3) is 10.8 Å². The molecule has 2 aromatic carbocycles. The first-order valence-electron chi connectivity index (χ1n) is 8.77. The fourth-order valence-electron chi connectivity index (χ4n) is 3.50. The van der Waals surface area contributed by atoms with Gasteiger partial charge in [0.2, 0.25) is 0 Å². The lowest BCUT2D eigenvalue weighted by Crippen LogP contribution is -2.27. The second kappa shape index (κ2) is 7.89. The van der Waals surface area contributed by atoms with E-state index in [1.807, 2.05) is 30.3 Å². The standard InChI is InChI=1S/C21H24N2O2S/c1-3-7-17(4-2)23-26(24,25)21-11-10-18(16-12-14-22-15-13-16)19-8-5-6-9-20(19)21/h3-11,16,22-23H,1-2,12-15H2/b17-7+. The molecule has 5 heteroatoms. The quantitative estimate of drug-likeness (QED) is 0.762. The predicted molar refractivity (Wildman–Crippen MR) is 108 cm³/mol. The third-order valence-electron chi connectivity index (χ3n) is 4.76. The van der Waals surface area contributed by atoms with Gasteiger partial charge in [0, 0.05) is 11.1 Å². The molecule has 0 aromatic heterocycles. The average molecular weight is 369 g/mol. The Balaban J connectivity index is 2.09. The molecule has 3 rings (SSSR count). The van der Waals surface area contributed by atoms with Gasteiger partial charge in [0.25, 0.3) is 10.0 Å². The van der Waals surface area contributed by atoms with E-state index >= 15 is 0 Å². The van der Waals surface area contributed by atoms with Crippen LogP contribution in [0, 0.1) is 0 Å². The molecule has 0 saturated carbocycles. The molecule has 136 valence electrons. The van der Waals surface area contributed by atoms with Crippen molar-refractivity contribution in [2.24, 2.45) is 0 Å². The van der Waals surface area contributed by atoms with Crippen LogP contribution in [0.15, 0.2) is 78.4 Å². The molecular formula is C21H24N2O2S. The SMILES string of the molecule is C=C/C=C(\C=C)NS(=O)(=O)c1ccc(C2CCNCC2)c2ccccc12. The number of hydrogen-bond donors (Lipinski definition) is 2. The van der Waals surface area contributed by atoms with E-state index in [2.05, 4.69) is 23.2 Å². The van der Waals surface area contributed by atoms with Gasteiger partial charge in [-0.2, -0.15) is 0 Å². The van der Waals surface area contributed by atoms with E-state index in [4.69, 9.17) is 0 Å². The van der Waals surface area contributed by atoms with E-state index < -0.39 is 10.0 Å². The third-order valence-corrected chi connectivity index (χ3v) is 6.20. The van der Waals surface area contributed by atoms with E-state index in [9.17, 15) is 8.42 Å². The number of rotatable bonds is 6. The second-order valence-electron chi connectivity index (χ2n) is 6.39. The fourth-order valence-corrected chi connectivity index (χ4v) is 4.79. The molecule has 1 fully saturated rings. The first kappa shape index (κ1) is 18.4. The molecule has 2 aromatic rings. The van der Waals surface area contributed by atoms with Crippen LogP contribution in [0.1, 0.15) is 24.3 Å². The van der Waals surface area contributed by atoms with Gasteiger partial charge in [-0.1, -0.05) is 49.6 Å². The van der Waals surface area contributed by atoms with Gasteiger partial charge < -0.3 is 5.32 Å². The Morgan fingerprint density at radius 2 is 1.77 bits per heavy atom. The summed E-state index contributed by atoms with van der Waals surface area (Å²) in [6, 6.07) is 11.4. The zero-order valence-corrected chi connectivity index (χ0v) is 15.6. The summed E-state index contributed by atoms with van der Waals surface area (Å²) in [5.41, 5.74) is 1.62. The molecule has 1 saturated heterocycles. The molecule has 4 nitrogen and oxygen atoms in total. The van der Waals surface area contributed by atoms with Crippen molar-refractivity contribution in [1.29, 1.82) is 0 Å². The number of piperidine rings is 1. The highest BCUT2D eigenvalue weighted by atomic mass is 32.2. The minimum absolute atomic E-state index is 0.280. The largest absolute Gasteiger partial charge is 0.317 e. The van der Waals surface area contributed by atoms with Gasteiger partial charge in [0.1, 0.15) is 0 Å².